The average Bonchev–Trinajstić information content (AvgIpc) is 2.70. The third-order valence-corrected chi connectivity index (χ3v) is 5.22. The molecule has 0 fully saturated rings. The first-order valence-electron chi connectivity index (χ1n) is 8.92. The van der Waals surface area contributed by atoms with E-state index in [0.29, 0.717) is 17.9 Å². The molecule has 0 saturated carbocycles. The van der Waals surface area contributed by atoms with Crippen molar-refractivity contribution in [3.05, 3.63) is 59.2 Å². The average molecular weight is 373 g/mol. The Hall–Kier alpha value is -1.98. The van der Waals surface area contributed by atoms with Crippen LogP contribution in [0.5, 0.6) is 5.75 Å². The zero-order valence-corrected chi connectivity index (χ0v) is 16.9. The highest BCUT2D eigenvalue weighted by molar-refractivity contribution is 7.98. The molecule has 0 aromatic heterocycles. The van der Waals surface area contributed by atoms with Gasteiger partial charge in [-0.3, -0.25) is 9.69 Å². The molecular formula is C21H28N2O2S. The molecular weight excluding hydrogens is 344 g/mol. The lowest BCUT2D eigenvalue weighted by Crippen LogP contribution is -2.26. The second-order valence-corrected chi connectivity index (χ2v) is 6.86. The maximum absolute atomic E-state index is 12.6. The first-order valence-corrected chi connectivity index (χ1v) is 10.1. The smallest absolute Gasteiger partial charge is 0.255 e. The predicted molar refractivity (Wildman–Crippen MR) is 109 cm³/mol. The Morgan fingerprint density at radius 3 is 2.42 bits per heavy atom. The summed E-state index contributed by atoms with van der Waals surface area (Å²) in [7, 11) is 1.59. The lowest BCUT2D eigenvalue weighted by molar-refractivity contribution is 0.0947. The van der Waals surface area contributed by atoms with Crippen LogP contribution >= 0.6 is 11.8 Å². The van der Waals surface area contributed by atoms with E-state index in [2.05, 4.69) is 36.2 Å². The first-order chi connectivity index (χ1) is 12.6. The number of thioether (sulfide) groups is 1. The van der Waals surface area contributed by atoms with Gasteiger partial charge in [-0.05, 0) is 48.7 Å². The number of benzene rings is 2. The zero-order valence-electron chi connectivity index (χ0n) is 16.0. The first kappa shape index (κ1) is 20.3. The summed E-state index contributed by atoms with van der Waals surface area (Å²) in [5, 5.41) is 3.03. The van der Waals surface area contributed by atoms with Crippen molar-refractivity contribution in [2.75, 3.05) is 26.5 Å². The van der Waals surface area contributed by atoms with E-state index in [4.69, 9.17) is 4.74 Å². The van der Waals surface area contributed by atoms with Crippen LogP contribution in [0.15, 0.2) is 47.4 Å². The molecule has 2 rings (SSSR count). The van der Waals surface area contributed by atoms with E-state index in [1.54, 1.807) is 18.9 Å². The summed E-state index contributed by atoms with van der Waals surface area (Å²) in [6, 6.07) is 13.9. The van der Waals surface area contributed by atoms with Crippen molar-refractivity contribution >= 4 is 17.7 Å². The van der Waals surface area contributed by atoms with Crippen molar-refractivity contribution in [1.82, 2.24) is 10.2 Å². The number of ether oxygens (including phenoxy) is 1. The van der Waals surface area contributed by atoms with E-state index in [1.807, 2.05) is 36.6 Å². The number of methoxy groups -OCH3 is 1. The molecule has 0 spiro atoms. The molecule has 5 heteroatoms. The van der Waals surface area contributed by atoms with Crippen molar-refractivity contribution < 1.29 is 9.53 Å². The molecule has 140 valence electrons. The van der Waals surface area contributed by atoms with Crippen LogP contribution in [0.25, 0.3) is 0 Å². The minimum absolute atomic E-state index is 0.118. The molecule has 0 aliphatic heterocycles. The van der Waals surface area contributed by atoms with Gasteiger partial charge < -0.3 is 10.1 Å². The minimum Gasteiger partial charge on any atom is -0.496 e. The molecule has 0 heterocycles. The second kappa shape index (κ2) is 10.2. The number of carbonyl (C=O) groups excluding carboxylic acids is 1. The van der Waals surface area contributed by atoms with Gasteiger partial charge in [-0.2, -0.15) is 0 Å². The van der Waals surface area contributed by atoms with E-state index in [0.717, 1.165) is 30.1 Å². The lowest BCUT2D eigenvalue weighted by atomic mass is 10.1. The topological polar surface area (TPSA) is 41.6 Å². The summed E-state index contributed by atoms with van der Waals surface area (Å²) in [5.74, 6) is 0.484. The van der Waals surface area contributed by atoms with Gasteiger partial charge in [0.25, 0.3) is 5.91 Å². The van der Waals surface area contributed by atoms with Crippen LogP contribution in [0.2, 0.25) is 0 Å². The van der Waals surface area contributed by atoms with E-state index < -0.39 is 0 Å². The molecule has 0 unspecified atom stereocenters. The van der Waals surface area contributed by atoms with Crippen LogP contribution in [-0.4, -0.2) is 37.3 Å². The van der Waals surface area contributed by atoms with Crippen molar-refractivity contribution in [3.8, 4) is 5.75 Å². The van der Waals surface area contributed by atoms with Crippen molar-refractivity contribution in [3.63, 3.8) is 0 Å². The van der Waals surface area contributed by atoms with Crippen LogP contribution in [0, 0.1) is 0 Å². The van der Waals surface area contributed by atoms with Crippen molar-refractivity contribution in [2.24, 2.45) is 0 Å². The minimum atomic E-state index is -0.118. The molecule has 2 aromatic carbocycles. The van der Waals surface area contributed by atoms with E-state index in [9.17, 15) is 4.79 Å². The largest absolute Gasteiger partial charge is 0.496 e. The number of hydrogen-bond donors (Lipinski definition) is 1. The lowest BCUT2D eigenvalue weighted by Gasteiger charge is -2.20. The zero-order chi connectivity index (χ0) is 18.9. The van der Waals surface area contributed by atoms with E-state index in [1.165, 1.54) is 5.56 Å². The molecule has 2 aromatic rings. The third kappa shape index (κ3) is 5.26. The summed E-state index contributed by atoms with van der Waals surface area (Å²) >= 11 is 1.62. The summed E-state index contributed by atoms with van der Waals surface area (Å²) in [6.07, 6.45) is 2.00. The van der Waals surface area contributed by atoms with Gasteiger partial charge in [-0.25, -0.2) is 0 Å². The maximum Gasteiger partial charge on any atom is 0.255 e. The molecule has 1 N–H and O–H groups in total. The molecule has 0 atom stereocenters. The molecule has 1 amide bonds. The quantitative estimate of drug-likeness (QED) is 0.670. The van der Waals surface area contributed by atoms with Crippen LogP contribution in [0.1, 0.15) is 35.3 Å². The predicted octanol–water partition coefficient (Wildman–Crippen LogP) is 4.19. The summed E-state index contributed by atoms with van der Waals surface area (Å²) in [5.41, 5.74) is 2.96. The molecule has 0 aliphatic carbocycles. The van der Waals surface area contributed by atoms with Gasteiger partial charge in [0, 0.05) is 18.0 Å². The number of rotatable bonds is 9. The van der Waals surface area contributed by atoms with Crippen LogP contribution in [0.4, 0.5) is 0 Å². The fourth-order valence-corrected chi connectivity index (χ4v) is 3.26. The number of hydrogen-bond acceptors (Lipinski definition) is 4. The summed E-state index contributed by atoms with van der Waals surface area (Å²) in [4.78, 5) is 16.1. The fourth-order valence-electron chi connectivity index (χ4n) is 2.83. The maximum atomic E-state index is 12.6. The van der Waals surface area contributed by atoms with Crippen molar-refractivity contribution in [1.29, 1.82) is 0 Å². The van der Waals surface area contributed by atoms with Gasteiger partial charge in [-0.1, -0.05) is 38.1 Å². The highest BCUT2D eigenvalue weighted by Gasteiger charge is 2.14. The Morgan fingerprint density at radius 1 is 1.12 bits per heavy atom. The fraction of sp³-hybridized carbons (Fsp3) is 0.381. The van der Waals surface area contributed by atoms with Gasteiger partial charge in [0.1, 0.15) is 5.75 Å². The number of nitrogens with zero attached hydrogens (tertiary/aromatic N) is 1. The summed E-state index contributed by atoms with van der Waals surface area (Å²) < 4.78 is 5.39. The van der Waals surface area contributed by atoms with E-state index in [-0.39, 0.29) is 5.91 Å². The normalized spacial score (nSPS) is 10.8. The number of carbonyl (C=O) groups is 1. The molecule has 0 aliphatic rings. The van der Waals surface area contributed by atoms with Gasteiger partial charge in [0.15, 0.2) is 0 Å². The SMILES string of the molecule is CCN(CC)Cc1ccccc1CNC(=O)c1ccc(SC)cc1OC. The third-order valence-electron chi connectivity index (χ3n) is 4.50. The van der Waals surface area contributed by atoms with Crippen LogP contribution in [0.3, 0.4) is 0 Å². The van der Waals surface area contributed by atoms with Crippen molar-refractivity contribution in [2.45, 2.75) is 31.8 Å². The molecule has 0 bridgehead atoms. The standard InChI is InChI=1S/C21H28N2O2S/c1-5-23(6-2)15-17-10-8-7-9-16(17)14-22-21(24)19-12-11-18(26-4)13-20(19)25-3/h7-13H,5-6,14-15H2,1-4H3,(H,22,24). The van der Waals surface area contributed by atoms with Gasteiger partial charge in [0.05, 0.1) is 12.7 Å². The highest BCUT2D eigenvalue weighted by Crippen LogP contribution is 2.25. The highest BCUT2D eigenvalue weighted by atomic mass is 32.2. The monoisotopic (exact) mass is 372 g/mol. The van der Waals surface area contributed by atoms with Crippen LogP contribution < -0.4 is 10.1 Å². The Labute approximate surface area is 160 Å². The molecule has 0 radical (unpaired) electrons. The Morgan fingerprint density at radius 2 is 1.81 bits per heavy atom. The van der Waals surface area contributed by atoms with E-state index >= 15 is 0 Å². The number of amides is 1. The number of nitrogens with one attached hydrogen (secondary N) is 1. The molecule has 4 nitrogen and oxygen atoms in total. The van der Waals surface area contributed by atoms with Gasteiger partial charge >= 0.3 is 0 Å². The molecule has 0 saturated heterocycles. The van der Waals surface area contributed by atoms with Crippen LogP contribution in [-0.2, 0) is 13.1 Å². The Balaban J connectivity index is 2.10. The molecule has 26 heavy (non-hydrogen) atoms. The summed E-state index contributed by atoms with van der Waals surface area (Å²) in [6.45, 7) is 7.75. The van der Waals surface area contributed by atoms with Gasteiger partial charge in [-0.15, -0.1) is 11.8 Å². The Bertz CT molecular complexity index is 730. The Kier molecular flexibility index (Phi) is 8.01. The second-order valence-electron chi connectivity index (χ2n) is 5.98. The van der Waals surface area contributed by atoms with Gasteiger partial charge in [0.2, 0.25) is 0 Å².